The molecule has 0 fully saturated rings. The fourth-order valence-corrected chi connectivity index (χ4v) is 1.48. The van der Waals surface area contributed by atoms with E-state index in [0.29, 0.717) is 12.2 Å². The molecule has 6 nitrogen and oxygen atoms in total. The minimum absolute atomic E-state index is 0.151. The van der Waals surface area contributed by atoms with Gasteiger partial charge in [-0.25, -0.2) is 9.78 Å². The van der Waals surface area contributed by atoms with Crippen molar-refractivity contribution in [3.05, 3.63) is 30.5 Å². The standard InChI is InChI=1S/C12H14N4O2/c1-2-14-12(17)18-11-15-7-10(16-11)8-4-3-5-9(13)6-8/h3-7H,2,13H2,1H3,(H,14,17)(H,15,16). The molecule has 0 unspecified atom stereocenters. The lowest BCUT2D eigenvalue weighted by molar-refractivity contribution is 0.197. The van der Waals surface area contributed by atoms with Gasteiger partial charge in [-0.2, -0.15) is 0 Å². The van der Waals surface area contributed by atoms with Gasteiger partial charge in [0.1, 0.15) is 0 Å². The van der Waals surface area contributed by atoms with E-state index in [-0.39, 0.29) is 6.01 Å². The van der Waals surface area contributed by atoms with Gasteiger partial charge in [0.05, 0.1) is 11.9 Å². The van der Waals surface area contributed by atoms with Crippen molar-refractivity contribution in [3.8, 4) is 17.3 Å². The molecule has 6 heteroatoms. The monoisotopic (exact) mass is 246 g/mol. The second-order valence-electron chi connectivity index (χ2n) is 3.65. The Morgan fingerprint density at radius 3 is 3.11 bits per heavy atom. The number of hydrogen-bond donors (Lipinski definition) is 3. The van der Waals surface area contributed by atoms with E-state index in [1.807, 2.05) is 25.1 Å². The summed E-state index contributed by atoms with van der Waals surface area (Å²) in [4.78, 5) is 18.1. The third-order valence-corrected chi connectivity index (χ3v) is 2.26. The van der Waals surface area contributed by atoms with E-state index in [1.54, 1.807) is 12.3 Å². The molecule has 2 rings (SSSR count). The first-order valence-corrected chi connectivity index (χ1v) is 5.55. The number of carbonyl (C=O) groups is 1. The molecule has 0 bridgehead atoms. The summed E-state index contributed by atoms with van der Waals surface area (Å²) in [6, 6.07) is 7.49. The molecule has 2 aromatic rings. The van der Waals surface area contributed by atoms with Crippen molar-refractivity contribution in [1.29, 1.82) is 0 Å². The number of nitrogens with one attached hydrogen (secondary N) is 2. The maximum absolute atomic E-state index is 11.2. The van der Waals surface area contributed by atoms with Gasteiger partial charge in [0, 0.05) is 17.8 Å². The van der Waals surface area contributed by atoms with Gasteiger partial charge in [-0.05, 0) is 19.1 Å². The van der Waals surface area contributed by atoms with Gasteiger partial charge in [-0.15, -0.1) is 0 Å². The number of carbonyl (C=O) groups excluding carboxylic acids is 1. The summed E-state index contributed by atoms with van der Waals surface area (Å²) >= 11 is 0. The Hall–Kier alpha value is -2.50. The minimum Gasteiger partial charge on any atom is -0.399 e. The molecule has 0 saturated heterocycles. The molecule has 4 N–H and O–H groups in total. The molecule has 94 valence electrons. The van der Waals surface area contributed by atoms with Gasteiger partial charge >= 0.3 is 12.1 Å². The molecule has 0 aliphatic heterocycles. The molecule has 0 spiro atoms. The molecule has 0 radical (unpaired) electrons. The number of benzene rings is 1. The molecule has 1 amide bonds. The molecule has 0 atom stereocenters. The fraction of sp³-hybridized carbons (Fsp3) is 0.167. The first kappa shape index (κ1) is 12.0. The van der Waals surface area contributed by atoms with Gasteiger partial charge in [0.25, 0.3) is 0 Å². The van der Waals surface area contributed by atoms with Crippen molar-refractivity contribution in [2.45, 2.75) is 6.92 Å². The number of H-pyrrole nitrogens is 1. The second-order valence-corrected chi connectivity index (χ2v) is 3.65. The van der Waals surface area contributed by atoms with E-state index in [0.717, 1.165) is 11.3 Å². The number of amides is 1. The zero-order chi connectivity index (χ0) is 13.0. The van der Waals surface area contributed by atoms with Crippen molar-refractivity contribution in [2.75, 3.05) is 12.3 Å². The zero-order valence-electron chi connectivity index (χ0n) is 9.93. The Labute approximate surface area is 104 Å². The summed E-state index contributed by atoms with van der Waals surface area (Å²) in [6.45, 7) is 2.31. The molecule has 18 heavy (non-hydrogen) atoms. The molecule has 1 aromatic heterocycles. The summed E-state index contributed by atoms with van der Waals surface area (Å²) in [5, 5.41) is 2.51. The fourth-order valence-electron chi connectivity index (χ4n) is 1.48. The van der Waals surface area contributed by atoms with Crippen molar-refractivity contribution in [1.82, 2.24) is 15.3 Å². The van der Waals surface area contributed by atoms with Crippen LogP contribution in [0, 0.1) is 0 Å². The first-order chi connectivity index (χ1) is 8.69. The van der Waals surface area contributed by atoms with E-state index in [4.69, 9.17) is 10.5 Å². The number of nitrogens with zero attached hydrogens (tertiary/aromatic N) is 1. The minimum atomic E-state index is -0.536. The van der Waals surface area contributed by atoms with Crippen LogP contribution in [0.4, 0.5) is 10.5 Å². The highest BCUT2D eigenvalue weighted by atomic mass is 16.6. The van der Waals surface area contributed by atoms with E-state index >= 15 is 0 Å². The van der Waals surface area contributed by atoms with Crippen LogP contribution >= 0.6 is 0 Å². The van der Waals surface area contributed by atoms with E-state index in [1.165, 1.54) is 0 Å². The van der Waals surface area contributed by atoms with Gasteiger partial charge < -0.3 is 20.8 Å². The van der Waals surface area contributed by atoms with Crippen LogP contribution in [0.15, 0.2) is 30.5 Å². The van der Waals surface area contributed by atoms with Crippen LogP contribution in [0.2, 0.25) is 0 Å². The predicted molar refractivity (Wildman–Crippen MR) is 68.1 cm³/mol. The lowest BCUT2D eigenvalue weighted by atomic mass is 10.1. The molecular weight excluding hydrogens is 232 g/mol. The number of rotatable bonds is 3. The molecular formula is C12H14N4O2. The number of anilines is 1. The number of hydrogen-bond acceptors (Lipinski definition) is 4. The number of nitrogen functional groups attached to an aromatic ring is 1. The average Bonchev–Trinajstić information content (AvgIpc) is 2.78. The maximum atomic E-state index is 11.2. The van der Waals surface area contributed by atoms with E-state index in [2.05, 4.69) is 15.3 Å². The topological polar surface area (TPSA) is 93.0 Å². The smallest absolute Gasteiger partial charge is 0.399 e. The Bertz CT molecular complexity index is 551. The molecule has 0 aliphatic carbocycles. The largest absolute Gasteiger partial charge is 0.415 e. The van der Waals surface area contributed by atoms with Crippen LogP contribution < -0.4 is 15.8 Å². The molecule has 0 saturated carbocycles. The van der Waals surface area contributed by atoms with Gasteiger partial charge in [-0.1, -0.05) is 12.1 Å². The lowest BCUT2D eigenvalue weighted by Gasteiger charge is -2.01. The zero-order valence-corrected chi connectivity index (χ0v) is 9.93. The third kappa shape index (κ3) is 2.79. The quantitative estimate of drug-likeness (QED) is 0.719. The highest BCUT2D eigenvalue weighted by molar-refractivity contribution is 5.70. The highest BCUT2D eigenvalue weighted by Crippen LogP contribution is 2.21. The predicted octanol–water partition coefficient (Wildman–Crippen LogP) is 1.77. The third-order valence-electron chi connectivity index (χ3n) is 2.26. The van der Waals surface area contributed by atoms with Crippen LogP contribution in [0.5, 0.6) is 6.01 Å². The second kappa shape index (κ2) is 5.22. The molecule has 1 heterocycles. The Morgan fingerprint density at radius 2 is 2.39 bits per heavy atom. The summed E-state index contributed by atoms with van der Waals surface area (Å²) in [7, 11) is 0. The summed E-state index contributed by atoms with van der Waals surface area (Å²) in [6.07, 6.45) is 1.05. The van der Waals surface area contributed by atoms with Gasteiger partial charge in [0.2, 0.25) is 0 Å². The summed E-state index contributed by atoms with van der Waals surface area (Å²) in [5.74, 6) is 0. The number of imidazole rings is 1. The van der Waals surface area contributed by atoms with Gasteiger partial charge in [-0.3, -0.25) is 0 Å². The van der Waals surface area contributed by atoms with Crippen LogP contribution in [-0.4, -0.2) is 22.6 Å². The Balaban J connectivity index is 2.13. The van der Waals surface area contributed by atoms with E-state index < -0.39 is 6.09 Å². The maximum Gasteiger partial charge on any atom is 0.415 e. The Kier molecular flexibility index (Phi) is 3.47. The number of aromatic amines is 1. The summed E-state index contributed by atoms with van der Waals surface area (Å²) in [5.41, 5.74) is 7.97. The van der Waals surface area contributed by atoms with Crippen LogP contribution in [0.1, 0.15) is 6.92 Å². The highest BCUT2D eigenvalue weighted by Gasteiger charge is 2.08. The molecule has 0 aliphatic rings. The normalized spacial score (nSPS) is 10.1. The van der Waals surface area contributed by atoms with Crippen molar-refractivity contribution >= 4 is 11.8 Å². The first-order valence-electron chi connectivity index (χ1n) is 5.55. The van der Waals surface area contributed by atoms with Crippen LogP contribution in [-0.2, 0) is 0 Å². The lowest BCUT2D eigenvalue weighted by Crippen LogP contribution is -2.26. The van der Waals surface area contributed by atoms with Crippen LogP contribution in [0.25, 0.3) is 11.3 Å². The van der Waals surface area contributed by atoms with E-state index in [9.17, 15) is 4.79 Å². The molecule has 1 aromatic carbocycles. The number of nitrogens with two attached hydrogens (primary N) is 1. The van der Waals surface area contributed by atoms with Crippen molar-refractivity contribution in [2.24, 2.45) is 0 Å². The van der Waals surface area contributed by atoms with Crippen molar-refractivity contribution < 1.29 is 9.53 Å². The average molecular weight is 246 g/mol. The van der Waals surface area contributed by atoms with Gasteiger partial charge in [0.15, 0.2) is 0 Å². The van der Waals surface area contributed by atoms with Crippen LogP contribution in [0.3, 0.4) is 0 Å². The SMILES string of the molecule is CCNC(=O)Oc1ncc(-c2cccc(N)c2)[nH]1. The number of aromatic nitrogens is 2. The number of ether oxygens (including phenoxy) is 1. The summed E-state index contributed by atoms with van der Waals surface area (Å²) < 4.78 is 4.94. The van der Waals surface area contributed by atoms with Crippen molar-refractivity contribution in [3.63, 3.8) is 0 Å². The Morgan fingerprint density at radius 1 is 1.56 bits per heavy atom.